The minimum absolute atomic E-state index is 0. The Kier molecular flexibility index (Phi) is 7.30. The summed E-state index contributed by atoms with van der Waals surface area (Å²) in [5.41, 5.74) is 11.9. The van der Waals surface area contributed by atoms with Crippen molar-refractivity contribution in [2.45, 2.75) is 0 Å². The van der Waals surface area contributed by atoms with E-state index in [4.69, 9.17) is 19.7 Å². The summed E-state index contributed by atoms with van der Waals surface area (Å²) in [7, 11) is 0. The smallest absolute Gasteiger partial charge is 0.503 e. The molecule has 0 amide bonds. The summed E-state index contributed by atoms with van der Waals surface area (Å²) in [6.07, 6.45) is 3.74. The number of hydrogen-bond donors (Lipinski definition) is 0. The molecule has 264 valence electrons. The van der Waals surface area contributed by atoms with Gasteiger partial charge in [0.25, 0.3) is 0 Å². The molecule has 0 saturated carbocycles. The van der Waals surface area contributed by atoms with E-state index in [-0.39, 0.29) is 20.4 Å². The summed E-state index contributed by atoms with van der Waals surface area (Å²) >= 11 is 0. The van der Waals surface area contributed by atoms with Gasteiger partial charge in [0, 0.05) is 45.7 Å². The molecule has 0 aliphatic heterocycles. The number of benzene rings is 6. The van der Waals surface area contributed by atoms with Gasteiger partial charge < -0.3 is 13.5 Å². The zero-order valence-electron chi connectivity index (χ0n) is 29.5. The number of rotatable bonds is 5. The molecule has 6 heterocycles. The molecule has 0 atom stereocenters. The van der Waals surface area contributed by atoms with E-state index in [1.54, 1.807) is 0 Å². The summed E-state index contributed by atoms with van der Waals surface area (Å²) in [6.45, 7) is 0. The first-order chi connectivity index (χ1) is 27.3. The maximum Gasteiger partial charge on any atom is 2.00 e. The predicted octanol–water partition coefficient (Wildman–Crippen LogP) is 12.0. The van der Waals surface area contributed by atoms with Gasteiger partial charge in [0.2, 0.25) is 0 Å². The Hall–Kier alpha value is -6.91. The van der Waals surface area contributed by atoms with Crippen LogP contribution in [0.25, 0.3) is 99.3 Å². The van der Waals surface area contributed by atoms with Crippen LogP contribution in [0.5, 0.6) is 11.5 Å². The Balaban J connectivity index is 0.00000363. The van der Waals surface area contributed by atoms with E-state index in [9.17, 15) is 0 Å². The van der Waals surface area contributed by atoms with Crippen molar-refractivity contribution in [1.82, 2.24) is 23.8 Å². The van der Waals surface area contributed by atoms with Crippen LogP contribution in [0.15, 0.2) is 164 Å². The number of ether oxygens (including phenoxy) is 1. The quantitative estimate of drug-likeness (QED) is 0.0987. The molecule has 0 bridgehead atoms. The van der Waals surface area contributed by atoms with Crippen molar-refractivity contribution in [3.8, 4) is 45.1 Å². The number of hydrogen-bond acceptors (Lipinski definition) is 4. The fraction of sp³-hybridized carbons (Fsp3) is 0. The Labute approximate surface area is 334 Å². The molecular weight excluding hydrogens is 781 g/mol. The van der Waals surface area contributed by atoms with Gasteiger partial charge in [0.15, 0.2) is 0 Å². The van der Waals surface area contributed by atoms with Crippen LogP contribution >= 0.6 is 0 Å². The van der Waals surface area contributed by atoms with Gasteiger partial charge in [-0.3, -0.25) is 9.97 Å². The van der Waals surface area contributed by atoms with E-state index >= 15 is 0 Å². The molecule has 0 spiro atoms. The zero-order chi connectivity index (χ0) is 36.0. The van der Waals surface area contributed by atoms with Gasteiger partial charge in [-0.1, -0.05) is 138 Å². The fourth-order valence-electron chi connectivity index (χ4n) is 8.48. The first-order valence-corrected chi connectivity index (χ1v) is 18.3. The molecule has 6 aromatic carbocycles. The monoisotopic (exact) mass is 807 g/mol. The van der Waals surface area contributed by atoms with Gasteiger partial charge in [0.05, 0.1) is 28.1 Å². The number of para-hydroxylation sites is 1. The summed E-state index contributed by atoms with van der Waals surface area (Å²) in [5, 5.41) is 6.34. The molecule has 56 heavy (non-hydrogen) atoms. The number of nitrogens with zero attached hydrogens (tertiary/aromatic N) is 5. The van der Waals surface area contributed by atoms with E-state index in [0.29, 0.717) is 11.5 Å². The van der Waals surface area contributed by atoms with Gasteiger partial charge in [-0.15, -0.1) is 23.6 Å². The molecule has 0 aliphatic carbocycles. The number of fused-ring (bicyclic) bond motifs is 12. The third-order valence-electron chi connectivity index (χ3n) is 10.8. The molecule has 6 nitrogen and oxygen atoms in total. The van der Waals surface area contributed by atoms with Crippen LogP contribution in [-0.4, -0.2) is 23.8 Å². The topological polar surface area (TPSA) is 56.7 Å². The molecule has 6 aromatic heterocycles. The molecule has 0 unspecified atom stereocenters. The molecule has 0 fully saturated rings. The Morgan fingerprint density at radius 3 is 1.98 bits per heavy atom. The second kappa shape index (κ2) is 12.6. The number of pyridine rings is 3. The van der Waals surface area contributed by atoms with Gasteiger partial charge in [-0.2, -0.15) is 6.07 Å². The molecule has 0 saturated heterocycles. The van der Waals surface area contributed by atoms with Crippen molar-refractivity contribution in [1.29, 1.82) is 0 Å². The van der Waals surface area contributed by atoms with Crippen LogP contribution < -0.4 is 4.74 Å². The third kappa shape index (κ3) is 4.69. The van der Waals surface area contributed by atoms with Crippen LogP contribution in [0.1, 0.15) is 0 Å². The van der Waals surface area contributed by atoms with E-state index in [2.05, 4.69) is 136 Å². The molecule has 0 aliphatic rings. The van der Waals surface area contributed by atoms with E-state index in [0.717, 1.165) is 93.9 Å². The SMILES string of the molecule is [Pd+2].[c-]1c(Oc2[c-]c3c(cc2)c2cccc4c5c(-c6ccccc6)ccnc5n3c24)ccc2c1c1nc(-c3ccccc3)c(-c3ccccc3)n1c1cccnc21. The van der Waals surface area contributed by atoms with Crippen molar-refractivity contribution in [2.75, 3.05) is 0 Å². The minimum Gasteiger partial charge on any atom is -0.503 e. The zero-order valence-corrected chi connectivity index (χ0v) is 31.1. The first-order valence-electron chi connectivity index (χ1n) is 18.3. The molecule has 7 heteroatoms. The molecule has 0 N–H and O–H groups in total. The average Bonchev–Trinajstić information content (AvgIpc) is 3.93. The second-order valence-corrected chi connectivity index (χ2v) is 13.8. The molecule has 12 aromatic rings. The van der Waals surface area contributed by atoms with Crippen LogP contribution in [0.4, 0.5) is 0 Å². The fourth-order valence-corrected chi connectivity index (χ4v) is 8.48. The summed E-state index contributed by atoms with van der Waals surface area (Å²) in [5.74, 6) is 1.15. The normalized spacial score (nSPS) is 11.8. The van der Waals surface area contributed by atoms with Crippen molar-refractivity contribution < 1.29 is 25.2 Å². The standard InChI is InChI=1S/C49H27N5O.Pd/c1-4-12-30(13-5-1)35-25-27-51-49-43(35)39-19-10-18-38-36-23-21-34(29-42(36)54(49)47(38)39)55-33-22-24-37-40(28-33)48-52-44(31-14-6-2-7-15-31)46(32-16-8-3-9-17-32)53(48)41-20-11-26-50-45(37)41;/h1-27H;/q-2;+2. The van der Waals surface area contributed by atoms with E-state index < -0.39 is 0 Å². The Bertz CT molecular complexity index is 3450. The van der Waals surface area contributed by atoms with Crippen LogP contribution in [0.2, 0.25) is 0 Å². The number of aromatic nitrogens is 5. The molecule has 0 radical (unpaired) electrons. The van der Waals surface area contributed by atoms with Gasteiger partial charge in [-0.05, 0) is 40.3 Å². The van der Waals surface area contributed by atoms with Crippen LogP contribution in [0, 0.1) is 12.1 Å². The maximum absolute atomic E-state index is 6.65. The van der Waals surface area contributed by atoms with Gasteiger partial charge >= 0.3 is 20.4 Å². The van der Waals surface area contributed by atoms with Crippen molar-refractivity contribution in [2.24, 2.45) is 0 Å². The van der Waals surface area contributed by atoms with Crippen LogP contribution in [0.3, 0.4) is 0 Å². The summed E-state index contributed by atoms with van der Waals surface area (Å²) in [6, 6.07) is 59.4. The molecule has 12 rings (SSSR count). The predicted molar refractivity (Wildman–Crippen MR) is 221 cm³/mol. The second-order valence-electron chi connectivity index (χ2n) is 13.8. The van der Waals surface area contributed by atoms with Gasteiger partial charge in [0.1, 0.15) is 5.65 Å². The van der Waals surface area contributed by atoms with E-state index in [1.165, 1.54) is 5.39 Å². The number of imidazole rings is 1. The minimum atomic E-state index is 0. The molecular formula is C49H27N5OPd. The van der Waals surface area contributed by atoms with Gasteiger partial charge in [-0.25, -0.2) is 4.98 Å². The Morgan fingerprint density at radius 1 is 0.500 bits per heavy atom. The summed E-state index contributed by atoms with van der Waals surface area (Å²) in [4.78, 5) is 15.2. The van der Waals surface area contributed by atoms with Crippen molar-refractivity contribution in [3.05, 3.63) is 176 Å². The largest absolute Gasteiger partial charge is 2.00 e. The summed E-state index contributed by atoms with van der Waals surface area (Å²) < 4.78 is 11.1. The van der Waals surface area contributed by atoms with Crippen molar-refractivity contribution >= 4 is 65.7 Å². The average molecular weight is 808 g/mol. The van der Waals surface area contributed by atoms with Crippen LogP contribution in [-0.2, 0) is 20.4 Å². The maximum atomic E-state index is 6.65. The van der Waals surface area contributed by atoms with E-state index in [1.807, 2.05) is 48.8 Å². The Morgan fingerprint density at radius 2 is 1.20 bits per heavy atom. The van der Waals surface area contributed by atoms with Crippen molar-refractivity contribution in [3.63, 3.8) is 0 Å². The third-order valence-corrected chi connectivity index (χ3v) is 10.8. The first kappa shape index (κ1) is 32.5.